The van der Waals surface area contributed by atoms with Crippen LogP contribution in [0.25, 0.3) is 0 Å². The minimum Gasteiger partial charge on any atom is -0.296 e. The van der Waals surface area contributed by atoms with Gasteiger partial charge in [-0.25, -0.2) is 0 Å². The molecule has 1 atom stereocenters. The highest BCUT2D eigenvalue weighted by Gasteiger charge is 2.13. The van der Waals surface area contributed by atoms with Crippen LogP contribution in [0.5, 0.6) is 0 Å². The van der Waals surface area contributed by atoms with E-state index in [1.807, 2.05) is 27.7 Å². The van der Waals surface area contributed by atoms with Crippen molar-refractivity contribution in [2.24, 2.45) is 0 Å². The maximum absolute atomic E-state index is 8.45. The van der Waals surface area contributed by atoms with Crippen molar-refractivity contribution < 1.29 is 4.84 Å². The molecule has 12 heavy (non-hydrogen) atoms. The van der Waals surface area contributed by atoms with Gasteiger partial charge in [0.25, 0.3) is 0 Å². The Morgan fingerprint density at radius 1 is 1.50 bits per heavy atom. The van der Waals surface area contributed by atoms with E-state index in [2.05, 4.69) is 11.5 Å². The molecule has 0 aliphatic rings. The average Bonchev–Trinajstić information content (AvgIpc) is 1.96. The van der Waals surface area contributed by atoms with Crippen LogP contribution in [0.1, 0.15) is 40.5 Å². The summed E-state index contributed by atoms with van der Waals surface area (Å²) in [6.45, 7) is 7.94. The Balaban J connectivity index is 3.67. The predicted octanol–water partition coefficient (Wildman–Crippen LogP) is 2.00. The molecule has 1 N–H and O–H groups in total. The number of hydroxylamine groups is 1. The molecular weight excluding hydrogens is 152 g/mol. The molecule has 0 fully saturated rings. The summed E-state index contributed by atoms with van der Waals surface area (Å²) in [6, 6.07) is 2.26. The molecule has 70 valence electrons. The number of nitrogens with zero attached hydrogens (tertiary/aromatic N) is 1. The maximum atomic E-state index is 8.45. The standard InChI is InChI=1S/C9H18N2O/c1-5-8(6-7-10)11-12-9(2,3)4/h8,11H,5-6H2,1-4H3. The van der Waals surface area contributed by atoms with Gasteiger partial charge in [0.2, 0.25) is 0 Å². The van der Waals surface area contributed by atoms with Gasteiger partial charge in [0, 0.05) is 6.04 Å². The lowest BCUT2D eigenvalue weighted by Gasteiger charge is -2.23. The zero-order chi connectivity index (χ0) is 9.61. The van der Waals surface area contributed by atoms with Crippen molar-refractivity contribution >= 4 is 0 Å². The largest absolute Gasteiger partial charge is 0.296 e. The van der Waals surface area contributed by atoms with Gasteiger partial charge < -0.3 is 0 Å². The van der Waals surface area contributed by atoms with Crippen molar-refractivity contribution in [1.82, 2.24) is 5.48 Å². The van der Waals surface area contributed by atoms with Crippen molar-refractivity contribution in [3.8, 4) is 6.07 Å². The van der Waals surface area contributed by atoms with Crippen LogP contribution < -0.4 is 5.48 Å². The summed E-state index contributed by atoms with van der Waals surface area (Å²) in [6.07, 6.45) is 1.40. The first-order chi connectivity index (χ1) is 5.49. The summed E-state index contributed by atoms with van der Waals surface area (Å²) in [5.74, 6) is 0. The SMILES string of the molecule is CCC(CC#N)NOC(C)(C)C. The van der Waals surface area contributed by atoms with E-state index in [0.29, 0.717) is 6.42 Å². The Labute approximate surface area is 74.7 Å². The normalized spacial score (nSPS) is 13.9. The Bertz CT molecular complexity index is 155. The molecule has 0 aromatic heterocycles. The topological polar surface area (TPSA) is 45.0 Å². The van der Waals surface area contributed by atoms with Crippen LogP contribution in [0.3, 0.4) is 0 Å². The minimum atomic E-state index is -0.192. The van der Waals surface area contributed by atoms with E-state index in [1.54, 1.807) is 0 Å². The minimum absolute atomic E-state index is 0.147. The van der Waals surface area contributed by atoms with Crippen LogP contribution in [0.15, 0.2) is 0 Å². The maximum Gasteiger partial charge on any atom is 0.0813 e. The third-order valence-corrected chi connectivity index (χ3v) is 1.36. The molecule has 3 heteroatoms. The van der Waals surface area contributed by atoms with Crippen molar-refractivity contribution in [1.29, 1.82) is 5.26 Å². The molecule has 0 saturated heterocycles. The Hall–Kier alpha value is -0.590. The highest BCUT2D eigenvalue weighted by molar-refractivity contribution is 4.77. The number of hydrogen-bond acceptors (Lipinski definition) is 3. The second-order valence-corrected chi connectivity index (χ2v) is 3.80. The monoisotopic (exact) mass is 170 g/mol. The van der Waals surface area contributed by atoms with Gasteiger partial charge in [0.1, 0.15) is 0 Å². The number of rotatable bonds is 4. The van der Waals surface area contributed by atoms with Gasteiger partial charge in [-0.05, 0) is 27.2 Å². The van der Waals surface area contributed by atoms with E-state index in [1.165, 1.54) is 0 Å². The summed E-state index contributed by atoms with van der Waals surface area (Å²) in [5, 5.41) is 8.45. The summed E-state index contributed by atoms with van der Waals surface area (Å²) in [4.78, 5) is 5.33. The summed E-state index contributed by atoms with van der Waals surface area (Å²) < 4.78 is 0. The first-order valence-electron chi connectivity index (χ1n) is 4.30. The average molecular weight is 170 g/mol. The molecule has 0 amide bonds. The molecular formula is C9H18N2O. The summed E-state index contributed by atoms with van der Waals surface area (Å²) in [5.41, 5.74) is 2.70. The number of nitriles is 1. The van der Waals surface area contributed by atoms with Crippen molar-refractivity contribution in [2.75, 3.05) is 0 Å². The molecule has 0 heterocycles. The third kappa shape index (κ3) is 6.14. The van der Waals surface area contributed by atoms with E-state index in [-0.39, 0.29) is 11.6 Å². The lowest BCUT2D eigenvalue weighted by Crippen LogP contribution is -2.36. The van der Waals surface area contributed by atoms with Gasteiger partial charge in [0.05, 0.1) is 18.1 Å². The van der Waals surface area contributed by atoms with Crippen LogP contribution in [0, 0.1) is 11.3 Å². The van der Waals surface area contributed by atoms with Crippen molar-refractivity contribution in [3.05, 3.63) is 0 Å². The van der Waals surface area contributed by atoms with Crippen LogP contribution in [0.2, 0.25) is 0 Å². The van der Waals surface area contributed by atoms with Crippen LogP contribution >= 0.6 is 0 Å². The molecule has 0 aliphatic heterocycles. The Kier molecular flexibility index (Phi) is 4.87. The van der Waals surface area contributed by atoms with Crippen LogP contribution in [-0.2, 0) is 4.84 Å². The molecule has 0 aromatic carbocycles. The number of hydrogen-bond donors (Lipinski definition) is 1. The third-order valence-electron chi connectivity index (χ3n) is 1.36. The fourth-order valence-corrected chi connectivity index (χ4v) is 0.640. The second-order valence-electron chi connectivity index (χ2n) is 3.80. The Morgan fingerprint density at radius 2 is 2.08 bits per heavy atom. The molecule has 0 aromatic rings. The molecule has 0 saturated carbocycles. The molecule has 0 spiro atoms. The summed E-state index contributed by atoms with van der Waals surface area (Å²) >= 11 is 0. The van der Waals surface area contributed by atoms with E-state index < -0.39 is 0 Å². The lowest BCUT2D eigenvalue weighted by atomic mass is 10.2. The molecule has 0 rings (SSSR count). The molecule has 3 nitrogen and oxygen atoms in total. The quantitative estimate of drug-likeness (QED) is 0.656. The molecule has 1 unspecified atom stereocenters. The van der Waals surface area contributed by atoms with Gasteiger partial charge in [-0.1, -0.05) is 6.92 Å². The highest BCUT2D eigenvalue weighted by Crippen LogP contribution is 2.06. The zero-order valence-corrected chi connectivity index (χ0v) is 8.35. The highest BCUT2D eigenvalue weighted by atomic mass is 16.7. The summed E-state index contributed by atoms with van der Waals surface area (Å²) in [7, 11) is 0. The van der Waals surface area contributed by atoms with Crippen LogP contribution in [0.4, 0.5) is 0 Å². The van der Waals surface area contributed by atoms with E-state index in [0.717, 1.165) is 6.42 Å². The molecule has 0 radical (unpaired) electrons. The first-order valence-corrected chi connectivity index (χ1v) is 4.30. The first kappa shape index (κ1) is 11.4. The zero-order valence-electron chi connectivity index (χ0n) is 8.35. The van der Waals surface area contributed by atoms with E-state index >= 15 is 0 Å². The second kappa shape index (κ2) is 5.13. The van der Waals surface area contributed by atoms with Crippen LogP contribution in [-0.4, -0.2) is 11.6 Å². The molecule has 0 bridgehead atoms. The van der Waals surface area contributed by atoms with Crippen molar-refractivity contribution in [2.45, 2.75) is 52.2 Å². The Morgan fingerprint density at radius 3 is 2.42 bits per heavy atom. The molecule has 0 aliphatic carbocycles. The van der Waals surface area contributed by atoms with E-state index in [9.17, 15) is 0 Å². The van der Waals surface area contributed by atoms with Gasteiger partial charge in [-0.3, -0.25) is 4.84 Å². The fourth-order valence-electron chi connectivity index (χ4n) is 0.640. The fraction of sp³-hybridized carbons (Fsp3) is 0.889. The number of nitrogens with one attached hydrogen (secondary N) is 1. The van der Waals surface area contributed by atoms with Gasteiger partial charge >= 0.3 is 0 Å². The van der Waals surface area contributed by atoms with Gasteiger partial charge in [0.15, 0.2) is 0 Å². The predicted molar refractivity (Wildman–Crippen MR) is 48.3 cm³/mol. The smallest absolute Gasteiger partial charge is 0.0813 e. The van der Waals surface area contributed by atoms with E-state index in [4.69, 9.17) is 10.1 Å². The lowest BCUT2D eigenvalue weighted by molar-refractivity contribution is -0.0881. The van der Waals surface area contributed by atoms with Gasteiger partial charge in [-0.2, -0.15) is 10.7 Å². The van der Waals surface area contributed by atoms with Crippen molar-refractivity contribution in [3.63, 3.8) is 0 Å². The van der Waals surface area contributed by atoms with Gasteiger partial charge in [-0.15, -0.1) is 0 Å².